The molecule has 5 aromatic rings. The molecule has 3 saturated heterocycles. The number of hydrogen-bond acceptors (Lipinski definition) is 9. The molecule has 0 radical (unpaired) electrons. The first-order chi connectivity index (χ1) is 33.6. The fourth-order valence-corrected chi connectivity index (χ4v) is 10.9. The number of morpholine rings is 1. The number of fused-ring (bicyclic) bond motifs is 3. The summed E-state index contributed by atoms with van der Waals surface area (Å²) in [6, 6.07) is 35.2. The molecule has 354 valence electrons. The van der Waals surface area contributed by atoms with Crippen LogP contribution in [-0.2, 0) is 24.5 Å². The first-order valence-corrected chi connectivity index (χ1v) is 23.7. The van der Waals surface area contributed by atoms with Crippen LogP contribution in [0.3, 0.4) is 0 Å². The number of nitrogens with zero attached hydrogens (tertiary/aromatic N) is 3. The van der Waals surface area contributed by atoms with Crippen molar-refractivity contribution in [3.8, 4) is 17.6 Å². The monoisotopic (exact) mass is 928 g/mol. The van der Waals surface area contributed by atoms with Gasteiger partial charge in [-0.15, -0.1) is 0 Å². The Labute approximate surface area is 401 Å². The number of imide groups is 1. The third-order valence-electron chi connectivity index (χ3n) is 13.9. The SMILES string of the molecule is C[C@@H](NC(=O)N1C(=O)[C@@]2(c3cc(C#CCNC(N)=O)ccc31)[C@H](C(=O)N1CCCCCCC1)[C@H]1C(=O)O[C@H](c3ccccc3)[C@H](c3ccccc3)N1[C@@H]2c1ccccc1OCCO)c1ccccc1. The second kappa shape index (κ2) is 20.4. The Morgan fingerprint density at radius 1 is 0.826 bits per heavy atom. The average Bonchev–Trinajstić information content (AvgIpc) is 3.81. The first kappa shape index (κ1) is 46.6. The van der Waals surface area contributed by atoms with Crippen LogP contribution in [0.1, 0.15) is 96.6 Å². The number of aliphatic hydroxyl groups is 1. The van der Waals surface area contributed by atoms with Crippen molar-refractivity contribution in [1.29, 1.82) is 0 Å². The molecule has 5 aromatic carbocycles. The van der Waals surface area contributed by atoms with Crippen molar-refractivity contribution in [2.45, 2.75) is 74.7 Å². The lowest BCUT2D eigenvalue weighted by Gasteiger charge is -2.46. The quantitative estimate of drug-likeness (QED) is 0.0846. The van der Waals surface area contributed by atoms with Crippen LogP contribution in [0.2, 0.25) is 0 Å². The number of hydrogen-bond donors (Lipinski definition) is 4. The fraction of sp³-hybridized carbons (Fsp3) is 0.327. The largest absolute Gasteiger partial charge is 0.491 e. The number of aliphatic hydroxyl groups excluding tert-OH is 1. The number of carbonyl (C=O) groups is 5. The second-order valence-corrected chi connectivity index (χ2v) is 17.9. The van der Waals surface area contributed by atoms with E-state index < -0.39 is 71.5 Å². The lowest BCUT2D eigenvalue weighted by Crippen LogP contribution is -2.57. The summed E-state index contributed by atoms with van der Waals surface area (Å²) < 4.78 is 13.0. The summed E-state index contributed by atoms with van der Waals surface area (Å²) in [6.07, 6.45) is 3.38. The van der Waals surface area contributed by atoms with E-state index in [9.17, 15) is 9.90 Å². The van der Waals surface area contributed by atoms with Crippen LogP contribution in [0, 0.1) is 17.8 Å². The molecule has 4 aliphatic heterocycles. The number of ether oxygens (including phenoxy) is 2. The van der Waals surface area contributed by atoms with Gasteiger partial charge in [-0.05, 0) is 66.3 Å². The predicted molar refractivity (Wildman–Crippen MR) is 258 cm³/mol. The Bertz CT molecular complexity index is 2760. The van der Waals surface area contributed by atoms with E-state index >= 15 is 19.2 Å². The van der Waals surface area contributed by atoms with Gasteiger partial charge in [-0.25, -0.2) is 14.5 Å². The van der Waals surface area contributed by atoms with Gasteiger partial charge in [-0.1, -0.05) is 140 Å². The van der Waals surface area contributed by atoms with Crippen LogP contribution < -0.4 is 26.0 Å². The molecule has 9 rings (SSSR count). The topological polar surface area (TPSA) is 184 Å². The maximum atomic E-state index is 16.8. The van der Waals surface area contributed by atoms with Gasteiger partial charge >= 0.3 is 18.0 Å². The minimum atomic E-state index is -2.04. The van der Waals surface area contributed by atoms with Gasteiger partial charge in [0.2, 0.25) is 11.8 Å². The molecule has 0 saturated carbocycles. The molecule has 5 N–H and O–H groups in total. The van der Waals surface area contributed by atoms with E-state index in [2.05, 4.69) is 22.5 Å². The number of cyclic esters (lactones) is 1. The number of primary amides is 1. The third kappa shape index (κ3) is 8.80. The molecule has 14 heteroatoms. The number of likely N-dealkylation sites (tertiary alicyclic amines) is 1. The standard InChI is InChI=1S/C55H56N6O8/c1-36(38-20-8-5-9-21-38)58-54(67)60-43-29-28-37(19-18-30-57-53(56)66)35-42(43)55(52(60)65)45(50(63)59-31-16-3-2-4-17-32-59)47-51(64)69-48(40-24-12-7-13-25-40)46(39-22-10-6-11-23-39)61(47)49(55)41-26-14-15-27-44(41)68-34-33-62/h5-15,20-29,35-36,45-49,62H,2-4,16-17,30-34H2,1H3,(H,58,67)(H3,56,57,66)/t36-,45+,46+,47+,48-,49-,55+/m1/s1. The van der Waals surface area contributed by atoms with Gasteiger partial charge in [0, 0.05) is 24.2 Å². The number of carbonyl (C=O) groups excluding carboxylic acids is 5. The number of nitrogens with two attached hydrogens (primary N) is 1. The molecule has 0 unspecified atom stereocenters. The second-order valence-electron chi connectivity index (χ2n) is 17.9. The maximum absolute atomic E-state index is 16.8. The van der Waals surface area contributed by atoms with E-state index in [1.54, 1.807) is 35.2 Å². The molecule has 69 heavy (non-hydrogen) atoms. The predicted octanol–water partition coefficient (Wildman–Crippen LogP) is 7.01. The molecule has 4 heterocycles. The number of amides is 6. The van der Waals surface area contributed by atoms with Gasteiger partial charge < -0.3 is 35.8 Å². The zero-order valence-corrected chi connectivity index (χ0v) is 38.5. The summed E-state index contributed by atoms with van der Waals surface area (Å²) >= 11 is 0. The molecule has 14 nitrogen and oxygen atoms in total. The number of nitrogens with one attached hydrogen (secondary N) is 2. The molecule has 0 bridgehead atoms. The van der Waals surface area contributed by atoms with Crippen LogP contribution in [0.25, 0.3) is 0 Å². The normalized spacial score (nSPS) is 23.6. The van der Waals surface area contributed by atoms with Gasteiger partial charge in [-0.2, -0.15) is 0 Å². The number of benzene rings is 5. The minimum absolute atomic E-state index is 0.0714. The lowest BCUT2D eigenvalue weighted by atomic mass is 9.64. The van der Waals surface area contributed by atoms with E-state index in [1.807, 2.05) is 115 Å². The summed E-state index contributed by atoms with van der Waals surface area (Å²) in [4.78, 5) is 80.4. The van der Waals surface area contributed by atoms with Crippen molar-refractivity contribution in [2.75, 3.05) is 37.7 Å². The molecular formula is C55H56N6O8. The van der Waals surface area contributed by atoms with Crippen LogP contribution in [-0.4, -0.2) is 83.6 Å². The smallest absolute Gasteiger partial charge is 0.329 e. The van der Waals surface area contributed by atoms with E-state index in [1.165, 1.54) is 0 Å². The van der Waals surface area contributed by atoms with Crippen molar-refractivity contribution in [3.05, 3.63) is 167 Å². The van der Waals surface area contributed by atoms with E-state index in [-0.39, 0.29) is 25.4 Å². The zero-order chi connectivity index (χ0) is 48.1. The minimum Gasteiger partial charge on any atom is -0.491 e. The van der Waals surface area contributed by atoms with Crippen LogP contribution in [0.4, 0.5) is 15.3 Å². The highest BCUT2D eigenvalue weighted by Gasteiger charge is 2.76. The Kier molecular flexibility index (Phi) is 13.8. The highest BCUT2D eigenvalue weighted by molar-refractivity contribution is 6.24. The fourth-order valence-electron chi connectivity index (χ4n) is 10.9. The highest BCUT2D eigenvalue weighted by Crippen LogP contribution is 2.67. The maximum Gasteiger partial charge on any atom is 0.329 e. The Balaban J connectivity index is 1.36. The lowest BCUT2D eigenvalue weighted by molar-refractivity contribution is -0.179. The molecule has 0 aromatic heterocycles. The van der Waals surface area contributed by atoms with Gasteiger partial charge in [0.05, 0.1) is 42.9 Å². The van der Waals surface area contributed by atoms with Gasteiger partial charge in [0.25, 0.3) is 0 Å². The van der Waals surface area contributed by atoms with Crippen molar-refractivity contribution in [1.82, 2.24) is 20.4 Å². The summed E-state index contributed by atoms with van der Waals surface area (Å²) in [6.45, 7) is 2.15. The third-order valence-corrected chi connectivity index (χ3v) is 13.9. The summed E-state index contributed by atoms with van der Waals surface area (Å²) in [5.41, 5.74) is 6.99. The molecule has 3 fully saturated rings. The first-order valence-electron chi connectivity index (χ1n) is 23.7. The molecule has 7 atom stereocenters. The van der Waals surface area contributed by atoms with E-state index in [4.69, 9.17) is 15.2 Å². The Hall–Kier alpha value is -7.47. The Morgan fingerprint density at radius 3 is 2.14 bits per heavy atom. The van der Waals surface area contributed by atoms with Gasteiger partial charge in [0.15, 0.2) is 0 Å². The number of esters is 1. The summed E-state index contributed by atoms with van der Waals surface area (Å²) in [5.74, 6) is 3.07. The number of urea groups is 2. The van der Waals surface area contributed by atoms with Crippen molar-refractivity contribution >= 4 is 35.5 Å². The van der Waals surface area contributed by atoms with Gasteiger partial charge in [-0.3, -0.25) is 19.3 Å². The Morgan fingerprint density at radius 2 is 1.46 bits per heavy atom. The molecular weight excluding hydrogens is 873 g/mol. The van der Waals surface area contributed by atoms with Crippen molar-refractivity contribution in [3.63, 3.8) is 0 Å². The van der Waals surface area contributed by atoms with Crippen molar-refractivity contribution < 1.29 is 38.6 Å². The number of rotatable bonds is 10. The van der Waals surface area contributed by atoms with E-state index in [0.717, 1.165) is 48.1 Å². The molecule has 6 amide bonds. The molecule has 0 aliphatic carbocycles. The van der Waals surface area contributed by atoms with E-state index in [0.29, 0.717) is 41.1 Å². The van der Waals surface area contributed by atoms with Crippen LogP contribution in [0.5, 0.6) is 5.75 Å². The van der Waals surface area contributed by atoms with Crippen molar-refractivity contribution in [2.24, 2.45) is 11.7 Å². The summed E-state index contributed by atoms with van der Waals surface area (Å²) in [5, 5.41) is 15.7. The molecule has 4 aliphatic rings. The number of anilines is 1. The highest BCUT2D eigenvalue weighted by atomic mass is 16.6. The zero-order valence-electron chi connectivity index (χ0n) is 38.5. The van der Waals surface area contributed by atoms with Gasteiger partial charge in [0.1, 0.15) is 29.9 Å². The van der Waals surface area contributed by atoms with Crippen LogP contribution in [0.15, 0.2) is 133 Å². The summed E-state index contributed by atoms with van der Waals surface area (Å²) in [7, 11) is 0. The molecule has 1 spiro atoms. The number of para-hydroxylation sites is 1. The average molecular weight is 929 g/mol. The van der Waals surface area contributed by atoms with Crippen LogP contribution >= 0.6 is 0 Å².